The van der Waals surface area contributed by atoms with Crippen LogP contribution in [0.5, 0.6) is 0 Å². The number of aryl methyl sites for hydroxylation is 1. The Hall–Kier alpha value is -3.12. The van der Waals surface area contributed by atoms with Crippen molar-refractivity contribution in [1.29, 1.82) is 0 Å². The Balaban J connectivity index is 1.79. The molecule has 0 aliphatic rings. The Morgan fingerprint density at radius 3 is 2.31 bits per heavy atom. The van der Waals surface area contributed by atoms with Gasteiger partial charge in [0.25, 0.3) is 0 Å². The molecule has 3 aromatic carbocycles. The summed E-state index contributed by atoms with van der Waals surface area (Å²) >= 11 is 0. The van der Waals surface area contributed by atoms with Crippen LogP contribution in [0.1, 0.15) is 32.8 Å². The third-order valence-corrected chi connectivity index (χ3v) is 6.25. The first-order chi connectivity index (χ1) is 15.1. The van der Waals surface area contributed by atoms with Crippen LogP contribution < -0.4 is 5.32 Å². The first kappa shape index (κ1) is 23.5. The molecule has 5 nitrogen and oxygen atoms in total. The van der Waals surface area contributed by atoms with E-state index in [0.29, 0.717) is 12.8 Å². The van der Waals surface area contributed by atoms with Crippen LogP contribution in [0.3, 0.4) is 0 Å². The molecule has 0 aliphatic heterocycles. The average molecular weight is 452 g/mol. The molecule has 0 aliphatic carbocycles. The number of alkyl carbamates (subject to hydrolysis) is 1. The molecule has 1 atom stereocenters. The SMILES string of the molecule is CC(C)(C)OC(=O)N[C@H](/C=C/S(=O)(=O)c1ccc2ccccc2c1)CCc1ccccc1. The highest BCUT2D eigenvalue weighted by molar-refractivity contribution is 7.94. The lowest BCUT2D eigenvalue weighted by atomic mass is 10.1. The van der Waals surface area contributed by atoms with Crippen molar-refractivity contribution < 1.29 is 17.9 Å². The van der Waals surface area contributed by atoms with E-state index < -0.39 is 27.6 Å². The average Bonchev–Trinajstić information content (AvgIpc) is 2.74. The zero-order valence-electron chi connectivity index (χ0n) is 18.6. The molecule has 0 heterocycles. The van der Waals surface area contributed by atoms with Crippen LogP contribution in [0, 0.1) is 0 Å². The Labute approximate surface area is 190 Å². The molecule has 0 unspecified atom stereocenters. The first-order valence-electron chi connectivity index (χ1n) is 10.6. The fourth-order valence-corrected chi connectivity index (χ4v) is 4.37. The number of rotatable bonds is 7. The standard InChI is InChI=1S/C26H29NO4S/c1-26(2,3)31-25(28)27-23(15-13-20-9-5-4-6-10-20)17-18-32(29,30)24-16-14-21-11-7-8-12-22(21)19-24/h4-12,14,16-19,23H,13,15H2,1-3H3,(H,27,28)/b18-17+/t23-/m0/s1. The smallest absolute Gasteiger partial charge is 0.408 e. The monoisotopic (exact) mass is 451 g/mol. The molecular weight excluding hydrogens is 422 g/mol. The van der Waals surface area contributed by atoms with E-state index in [1.54, 1.807) is 39.0 Å². The maximum atomic E-state index is 12.9. The number of nitrogens with one attached hydrogen (secondary N) is 1. The zero-order chi connectivity index (χ0) is 23.2. The van der Waals surface area contributed by atoms with Gasteiger partial charge in [0.1, 0.15) is 5.60 Å². The van der Waals surface area contributed by atoms with Gasteiger partial charge in [0.15, 0.2) is 9.84 Å². The molecule has 0 fully saturated rings. The van der Waals surface area contributed by atoms with Crippen molar-refractivity contribution in [3.8, 4) is 0 Å². The molecule has 0 spiro atoms. The van der Waals surface area contributed by atoms with E-state index in [9.17, 15) is 13.2 Å². The van der Waals surface area contributed by atoms with Gasteiger partial charge in [0.2, 0.25) is 0 Å². The summed E-state index contributed by atoms with van der Waals surface area (Å²) in [6, 6.07) is 22.0. The van der Waals surface area contributed by atoms with Crippen LogP contribution in [-0.2, 0) is 21.0 Å². The molecule has 168 valence electrons. The Bertz CT molecular complexity index is 1200. The molecule has 0 radical (unpaired) electrons. The van der Waals surface area contributed by atoms with Crippen LogP contribution in [0.2, 0.25) is 0 Å². The minimum atomic E-state index is -3.67. The number of hydrogen-bond donors (Lipinski definition) is 1. The summed E-state index contributed by atoms with van der Waals surface area (Å²) in [4.78, 5) is 12.5. The lowest BCUT2D eigenvalue weighted by Gasteiger charge is -2.22. The number of hydrogen-bond acceptors (Lipinski definition) is 4. The molecule has 1 N–H and O–H groups in total. The second-order valence-electron chi connectivity index (χ2n) is 8.66. The summed E-state index contributed by atoms with van der Waals surface area (Å²) in [7, 11) is -3.67. The fraction of sp³-hybridized carbons (Fsp3) is 0.269. The van der Waals surface area contributed by atoms with Gasteiger partial charge < -0.3 is 10.1 Å². The van der Waals surface area contributed by atoms with Gasteiger partial charge >= 0.3 is 6.09 Å². The molecule has 3 aromatic rings. The van der Waals surface area contributed by atoms with Crippen molar-refractivity contribution in [1.82, 2.24) is 5.32 Å². The Morgan fingerprint density at radius 2 is 1.62 bits per heavy atom. The topological polar surface area (TPSA) is 72.5 Å². The predicted molar refractivity (Wildman–Crippen MR) is 128 cm³/mol. The van der Waals surface area contributed by atoms with Crippen molar-refractivity contribution in [2.45, 2.75) is 50.2 Å². The Kier molecular flexibility index (Phi) is 7.36. The lowest BCUT2D eigenvalue weighted by Crippen LogP contribution is -2.38. The third kappa shape index (κ3) is 6.95. The van der Waals surface area contributed by atoms with Gasteiger partial charge in [0.05, 0.1) is 10.9 Å². The van der Waals surface area contributed by atoms with Crippen LogP contribution in [0.4, 0.5) is 4.79 Å². The van der Waals surface area contributed by atoms with Crippen molar-refractivity contribution in [2.75, 3.05) is 0 Å². The molecule has 0 aromatic heterocycles. The number of amides is 1. The summed E-state index contributed by atoms with van der Waals surface area (Å²) in [5, 5.41) is 5.79. The van der Waals surface area contributed by atoms with Crippen molar-refractivity contribution in [3.63, 3.8) is 0 Å². The summed E-state index contributed by atoms with van der Waals surface area (Å²) in [5.74, 6) is 0. The molecular formula is C26H29NO4S. The van der Waals surface area contributed by atoms with E-state index in [1.165, 1.54) is 11.5 Å². The van der Waals surface area contributed by atoms with E-state index in [0.717, 1.165) is 16.3 Å². The van der Waals surface area contributed by atoms with Gasteiger partial charge in [0, 0.05) is 5.41 Å². The maximum absolute atomic E-state index is 12.9. The maximum Gasteiger partial charge on any atom is 0.408 e. The van der Waals surface area contributed by atoms with Gasteiger partial charge in [-0.25, -0.2) is 13.2 Å². The number of carbonyl (C=O) groups excluding carboxylic acids is 1. The molecule has 1 amide bonds. The summed E-state index contributed by atoms with van der Waals surface area (Å²) in [5.41, 5.74) is 0.462. The minimum absolute atomic E-state index is 0.214. The van der Waals surface area contributed by atoms with E-state index in [2.05, 4.69) is 5.32 Å². The van der Waals surface area contributed by atoms with Gasteiger partial charge in [-0.15, -0.1) is 0 Å². The number of benzene rings is 3. The normalized spacial score (nSPS) is 13.2. The summed E-state index contributed by atoms with van der Waals surface area (Å²) < 4.78 is 31.2. The number of sulfone groups is 1. The largest absolute Gasteiger partial charge is 0.444 e. The molecule has 6 heteroatoms. The van der Waals surface area contributed by atoms with Crippen LogP contribution in [0.25, 0.3) is 10.8 Å². The lowest BCUT2D eigenvalue weighted by molar-refractivity contribution is 0.0512. The van der Waals surface area contributed by atoms with Gasteiger partial charge in [-0.3, -0.25) is 0 Å². The highest BCUT2D eigenvalue weighted by atomic mass is 32.2. The van der Waals surface area contributed by atoms with Crippen LogP contribution >= 0.6 is 0 Å². The zero-order valence-corrected chi connectivity index (χ0v) is 19.4. The molecule has 0 bridgehead atoms. The second kappa shape index (κ2) is 10.0. The van der Waals surface area contributed by atoms with E-state index in [1.807, 2.05) is 54.6 Å². The Morgan fingerprint density at radius 1 is 0.969 bits per heavy atom. The number of fused-ring (bicyclic) bond motifs is 1. The van der Waals surface area contributed by atoms with Crippen LogP contribution in [0.15, 0.2) is 89.2 Å². The van der Waals surface area contributed by atoms with Crippen molar-refractivity contribution in [3.05, 3.63) is 89.8 Å². The molecule has 0 saturated carbocycles. The van der Waals surface area contributed by atoms with E-state index in [4.69, 9.17) is 4.74 Å². The number of ether oxygens (including phenoxy) is 1. The summed E-state index contributed by atoms with van der Waals surface area (Å²) in [6.07, 6.45) is 2.16. The van der Waals surface area contributed by atoms with Crippen LogP contribution in [-0.4, -0.2) is 26.2 Å². The number of carbonyl (C=O) groups is 1. The molecule has 0 saturated heterocycles. The highest BCUT2D eigenvalue weighted by Crippen LogP contribution is 2.21. The molecule has 3 rings (SSSR count). The predicted octanol–water partition coefficient (Wildman–Crippen LogP) is 5.65. The van der Waals surface area contributed by atoms with Crippen molar-refractivity contribution in [2.24, 2.45) is 0 Å². The summed E-state index contributed by atoms with van der Waals surface area (Å²) in [6.45, 7) is 5.35. The second-order valence-corrected chi connectivity index (χ2v) is 10.5. The quantitative estimate of drug-likeness (QED) is 0.504. The van der Waals surface area contributed by atoms with E-state index in [-0.39, 0.29) is 4.90 Å². The van der Waals surface area contributed by atoms with Gasteiger partial charge in [-0.1, -0.05) is 66.7 Å². The molecule has 32 heavy (non-hydrogen) atoms. The highest BCUT2D eigenvalue weighted by Gasteiger charge is 2.19. The third-order valence-electron chi connectivity index (χ3n) is 4.83. The fourth-order valence-electron chi connectivity index (χ4n) is 3.26. The van der Waals surface area contributed by atoms with E-state index >= 15 is 0 Å². The van der Waals surface area contributed by atoms with Gasteiger partial charge in [-0.05, 0) is 62.1 Å². The van der Waals surface area contributed by atoms with Crippen molar-refractivity contribution >= 4 is 26.7 Å². The first-order valence-corrected chi connectivity index (χ1v) is 12.1. The van der Waals surface area contributed by atoms with Gasteiger partial charge in [-0.2, -0.15) is 0 Å². The minimum Gasteiger partial charge on any atom is -0.444 e.